The molecular formula is C15H11F4NO. The van der Waals surface area contributed by atoms with Crippen LogP contribution in [0.25, 0.3) is 0 Å². The molecule has 2 rings (SSSR count). The van der Waals surface area contributed by atoms with Crippen LogP contribution in [0.5, 0.6) is 0 Å². The second-order valence-corrected chi connectivity index (χ2v) is 4.19. The van der Waals surface area contributed by atoms with E-state index in [1.165, 1.54) is 36.5 Å². The molecule has 0 aromatic heterocycles. The van der Waals surface area contributed by atoms with E-state index in [2.05, 4.69) is 5.16 Å². The lowest BCUT2D eigenvalue weighted by atomic mass is 10.1. The molecule has 0 unspecified atom stereocenters. The van der Waals surface area contributed by atoms with Gasteiger partial charge in [-0.2, -0.15) is 0 Å². The second-order valence-electron chi connectivity index (χ2n) is 4.19. The molecule has 0 heterocycles. The molecule has 0 saturated carbocycles. The summed E-state index contributed by atoms with van der Waals surface area (Å²) in [6, 6.07) is 9.32. The Morgan fingerprint density at radius 3 is 2.62 bits per heavy atom. The van der Waals surface area contributed by atoms with Crippen molar-refractivity contribution in [3.63, 3.8) is 0 Å². The van der Waals surface area contributed by atoms with Crippen LogP contribution in [0.15, 0.2) is 47.6 Å². The van der Waals surface area contributed by atoms with Gasteiger partial charge in [-0.15, -0.1) is 0 Å². The fraction of sp³-hybridized carbons (Fsp3) is 0.133. The third-order valence-corrected chi connectivity index (χ3v) is 2.69. The van der Waals surface area contributed by atoms with Crippen LogP contribution in [0, 0.1) is 11.6 Å². The van der Waals surface area contributed by atoms with Gasteiger partial charge in [-0.05, 0) is 17.7 Å². The molecule has 0 aliphatic heterocycles. The smallest absolute Gasteiger partial charge is 0.263 e. The van der Waals surface area contributed by atoms with Crippen molar-refractivity contribution in [2.75, 3.05) is 0 Å². The van der Waals surface area contributed by atoms with Gasteiger partial charge in [0.1, 0.15) is 6.61 Å². The molecule has 0 fully saturated rings. The zero-order valence-corrected chi connectivity index (χ0v) is 10.8. The van der Waals surface area contributed by atoms with E-state index in [0.29, 0.717) is 5.56 Å². The maximum absolute atomic E-state index is 13.3. The number of halogens is 4. The molecule has 0 atom stereocenters. The lowest BCUT2D eigenvalue weighted by molar-refractivity contribution is 0.129. The topological polar surface area (TPSA) is 21.6 Å². The number of benzene rings is 2. The predicted octanol–water partition coefficient (Wildman–Crippen LogP) is 4.45. The first-order valence-electron chi connectivity index (χ1n) is 6.04. The Kier molecular flexibility index (Phi) is 4.92. The van der Waals surface area contributed by atoms with E-state index in [9.17, 15) is 17.6 Å². The van der Waals surface area contributed by atoms with Gasteiger partial charge >= 0.3 is 0 Å². The summed E-state index contributed by atoms with van der Waals surface area (Å²) in [5.41, 5.74) is 0.316. The molecule has 21 heavy (non-hydrogen) atoms. The highest BCUT2D eigenvalue weighted by Crippen LogP contribution is 2.18. The van der Waals surface area contributed by atoms with Crippen LogP contribution in [0.3, 0.4) is 0 Å². The van der Waals surface area contributed by atoms with E-state index < -0.39 is 18.1 Å². The van der Waals surface area contributed by atoms with E-state index in [1.807, 2.05) is 0 Å². The summed E-state index contributed by atoms with van der Waals surface area (Å²) in [6.07, 6.45) is -1.34. The summed E-state index contributed by atoms with van der Waals surface area (Å²) in [5, 5.41) is 3.55. The van der Waals surface area contributed by atoms with Gasteiger partial charge < -0.3 is 4.84 Å². The molecule has 0 amide bonds. The van der Waals surface area contributed by atoms with Crippen LogP contribution in [-0.4, -0.2) is 6.21 Å². The number of alkyl halides is 2. The number of nitrogens with zero attached hydrogens (tertiary/aromatic N) is 1. The van der Waals surface area contributed by atoms with Crippen LogP contribution in [0.4, 0.5) is 17.6 Å². The molecule has 110 valence electrons. The number of hydrogen-bond acceptors (Lipinski definition) is 2. The highest BCUT2D eigenvalue weighted by atomic mass is 19.3. The predicted molar refractivity (Wildman–Crippen MR) is 70.1 cm³/mol. The van der Waals surface area contributed by atoms with Crippen molar-refractivity contribution in [3.8, 4) is 0 Å². The van der Waals surface area contributed by atoms with Gasteiger partial charge in [0.25, 0.3) is 6.43 Å². The third-order valence-electron chi connectivity index (χ3n) is 2.69. The Bertz CT molecular complexity index is 643. The summed E-state index contributed by atoms with van der Waals surface area (Å²) in [4.78, 5) is 4.84. The second kappa shape index (κ2) is 6.88. The van der Waals surface area contributed by atoms with Crippen LogP contribution in [0.1, 0.15) is 23.1 Å². The summed E-state index contributed by atoms with van der Waals surface area (Å²) in [5.74, 6) is -1.96. The van der Waals surface area contributed by atoms with Gasteiger partial charge in [-0.3, -0.25) is 0 Å². The summed E-state index contributed by atoms with van der Waals surface area (Å²) in [7, 11) is 0. The SMILES string of the molecule is Fc1cccc(CON=Cc2cccc(C(F)F)c2)c1F. The van der Waals surface area contributed by atoms with Gasteiger partial charge in [-0.1, -0.05) is 35.5 Å². The number of rotatable bonds is 5. The average molecular weight is 297 g/mol. The molecule has 0 radical (unpaired) electrons. The average Bonchev–Trinajstić information content (AvgIpc) is 2.48. The van der Waals surface area contributed by atoms with Crippen molar-refractivity contribution in [1.29, 1.82) is 0 Å². The summed E-state index contributed by atoms with van der Waals surface area (Å²) >= 11 is 0. The first kappa shape index (κ1) is 15.0. The maximum atomic E-state index is 13.3. The highest BCUT2D eigenvalue weighted by molar-refractivity contribution is 5.79. The standard InChI is InChI=1S/C15H11F4NO/c16-13-6-2-5-12(14(13)17)9-21-20-8-10-3-1-4-11(7-10)15(18)19/h1-8,15H,9H2. The fourth-order valence-corrected chi connectivity index (χ4v) is 1.64. The Morgan fingerprint density at radius 2 is 1.86 bits per heavy atom. The summed E-state index contributed by atoms with van der Waals surface area (Å²) in [6.45, 7) is -0.255. The third kappa shape index (κ3) is 4.05. The van der Waals surface area contributed by atoms with Crippen LogP contribution >= 0.6 is 0 Å². The molecule has 0 saturated heterocycles. The van der Waals surface area contributed by atoms with Crippen molar-refractivity contribution in [2.24, 2.45) is 5.16 Å². The van der Waals surface area contributed by atoms with Crippen LogP contribution in [0.2, 0.25) is 0 Å². The van der Waals surface area contributed by atoms with Crippen molar-refractivity contribution >= 4 is 6.21 Å². The first-order chi connectivity index (χ1) is 10.1. The Morgan fingerprint density at radius 1 is 1.10 bits per heavy atom. The van der Waals surface area contributed by atoms with Crippen molar-refractivity contribution in [3.05, 3.63) is 70.8 Å². The maximum Gasteiger partial charge on any atom is 0.263 e. The lowest BCUT2D eigenvalue weighted by Gasteiger charge is -2.02. The zero-order valence-electron chi connectivity index (χ0n) is 10.8. The van der Waals surface area contributed by atoms with E-state index in [4.69, 9.17) is 4.84 Å². The molecule has 2 aromatic carbocycles. The minimum atomic E-state index is -2.57. The Balaban J connectivity index is 1.97. The molecule has 2 nitrogen and oxygen atoms in total. The van der Waals surface area contributed by atoms with Gasteiger partial charge in [0.2, 0.25) is 0 Å². The lowest BCUT2D eigenvalue weighted by Crippen LogP contribution is -1.95. The van der Waals surface area contributed by atoms with Gasteiger partial charge in [0.15, 0.2) is 11.6 Å². The van der Waals surface area contributed by atoms with Crippen LogP contribution in [-0.2, 0) is 11.4 Å². The van der Waals surface area contributed by atoms with Gasteiger partial charge in [-0.25, -0.2) is 17.6 Å². The minimum Gasteiger partial charge on any atom is -0.391 e. The monoisotopic (exact) mass is 297 g/mol. The molecule has 0 aliphatic rings. The Labute approximate surface area is 118 Å². The van der Waals surface area contributed by atoms with E-state index >= 15 is 0 Å². The zero-order chi connectivity index (χ0) is 15.2. The number of oxime groups is 1. The molecule has 0 bridgehead atoms. The van der Waals surface area contributed by atoms with Crippen LogP contribution < -0.4 is 0 Å². The van der Waals surface area contributed by atoms with Crippen molar-refractivity contribution in [2.45, 2.75) is 13.0 Å². The van der Waals surface area contributed by atoms with E-state index in [1.54, 1.807) is 6.07 Å². The molecular weight excluding hydrogens is 286 g/mol. The largest absolute Gasteiger partial charge is 0.391 e. The van der Waals surface area contributed by atoms with Gasteiger partial charge in [0, 0.05) is 11.1 Å². The minimum absolute atomic E-state index is 0.0217. The summed E-state index contributed by atoms with van der Waals surface area (Å²) < 4.78 is 51.2. The molecule has 0 N–H and O–H groups in total. The van der Waals surface area contributed by atoms with E-state index in [0.717, 1.165) is 6.07 Å². The molecule has 0 aliphatic carbocycles. The molecule has 6 heteroatoms. The fourth-order valence-electron chi connectivity index (χ4n) is 1.64. The normalized spacial score (nSPS) is 11.3. The first-order valence-corrected chi connectivity index (χ1v) is 6.04. The molecule has 0 spiro atoms. The highest BCUT2D eigenvalue weighted by Gasteiger charge is 2.08. The quantitative estimate of drug-likeness (QED) is 0.454. The van der Waals surface area contributed by atoms with Gasteiger partial charge in [0.05, 0.1) is 6.21 Å². The van der Waals surface area contributed by atoms with Crippen molar-refractivity contribution < 1.29 is 22.4 Å². The van der Waals surface area contributed by atoms with E-state index in [-0.39, 0.29) is 17.7 Å². The van der Waals surface area contributed by atoms with Crippen molar-refractivity contribution in [1.82, 2.24) is 0 Å². The molecule has 2 aromatic rings. The number of hydrogen-bond donors (Lipinski definition) is 0. The Hall–Kier alpha value is -2.37.